The van der Waals surface area contributed by atoms with Gasteiger partial charge >= 0.3 is 0 Å². The zero-order valence-electron chi connectivity index (χ0n) is 14.1. The summed E-state index contributed by atoms with van der Waals surface area (Å²) in [4.78, 5) is 30.1. The summed E-state index contributed by atoms with van der Waals surface area (Å²) in [5.74, 6) is -0.487. The molecule has 6 heteroatoms. The van der Waals surface area contributed by atoms with Crippen LogP contribution in [0, 0.1) is 0 Å². The molecule has 0 aliphatic carbocycles. The van der Waals surface area contributed by atoms with E-state index in [-0.39, 0.29) is 11.0 Å². The van der Waals surface area contributed by atoms with Gasteiger partial charge in [-0.2, -0.15) is 0 Å². The molecule has 1 aromatic heterocycles. The van der Waals surface area contributed by atoms with E-state index in [4.69, 9.17) is 12.7 Å². The second kappa shape index (κ2) is 6.95. The Kier molecular flexibility index (Phi) is 4.72. The van der Waals surface area contributed by atoms with Crippen molar-refractivity contribution in [2.24, 2.45) is 0 Å². The summed E-state index contributed by atoms with van der Waals surface area (Å²) < 4.78 is 1.88. The largest absolute Gasteiger partial charge is 0.342 e. The van der Waals surface area contributed by atoms with E-state index in [1.54, 1.807) is 18.3 Å². The molecule has 0 atom stereocenters. The number of benzene rings is 2. The van der Waals surface area contributed by atoms with Crippen LogP contribution in [0.1, 0.15) is 15.9 Å². The minimum atomic E-state index is -0.487. The van der Waals surface area contributed by atoms with Gasteiger partial charge < -0.3 is 4.57 Å². The lowest BCUT2D eigenvalue weighted by Crippen LogP contribution is -2.31. The highest BCUT2D eigenvalue weighted by atomic mass is 16.7. The Morgan fingerprint density at radius 3 is 2.68 bits per heavy atom. The zero-order valence-corrected chi connectivity index (χ0v) is 14.1. The van der Waals surface area contributed by atoms with Crippen molar-refractivity contribution in [1.29, 1.82) is 0 Å². The number of hydrogen-bond acceptors (Lipinski definition) is 3. The third-order valence-corrected chi connectivity index (χ3v) is 4.08. The number of para-hydroxylation sites is 1. The van der Waals surface area contributed by atoms with Gasteiger partial charge in [-0.15, -0.1) is 0 Å². The van der Waals surface area contributed by atoms with Crippen LogP contribution in [0.3, 0.4) is 0 Å². The lowest BCUT2D eigenvalue weighted by atomic mass is 9.94. The van der Waals surface area contributed by atoms with Crippen molar-refractivity contribution in [3.05, 3.63) is 76.1 Å². The van der Waals surface area contributed by atoms with Crippen LogP contribution in [0.5, 0.6) is 0 Å². The Labute approximate surface area is 146 Å². The van der Waals surface area contributed by atoms with Crippen molar-refractivity contribution >= 4 is 30.1 Å². The highest BCUT2D eigenvalue weighted by Gasteiger charge is 2.18. The first-order valence-corrected chi connectivity index (χ1v) is 7.80. The summed E-state index contributed by atoms with van der Waals surface area (Å²) in [6.07, 6.45) is 1.58. The van der Waals surface area contributed by atoms with Crippen molar-refractivity contribution in [3.8, 4) is 0 Å². The van der Waals surface area contributed by atoms with Gasteiger partial charge in [-0.1, -0.05) is 41.9 Å². The maximum absolute atomic E-state index is 12.7. The topological polar surface area (TPSA) is 51.5 Å². The number of amides is 1. The van der Waals surface area contributed by atoms with Crippen molar-refractivity contribution in [2.75, 3.05) is 14.2 Å². The van der Waals surface area contributed by atoms with Crippen LogP contribution >= 0.6 is 0 Å². The minimum Gasteiger partial charge on any atom is -0.342 e. The molecule has 0 spiro atoms. The summed E-state index contributed by atoms with van der Waals surface area (Å²) in [7, 11) is 8.70. The second-order valence-electron chi connectivity index (χ2n) is 5.75. The van der Waals surface area contributed by atoms with Crippen LogP contribution in [0.2, 0.25) is 0 Å². The van der Waals surface area contributed by atoms with Crippen molar-refractivity contribution in [1.82, 2.24) is 9.63 Å². The van der Waals surface area contributed by atoms with Crippen LogP contribution in [-0.4, -0.2) is 37.5 Å². The zero-order chi connectivity index (χ0) is 18.0. The fraction of sp³-hybridized carbons (Fsp3) is 0.158. The quantitative estimate of drug-likeness (QED) is 0.537. The predicted molar refractivity (Wildman–Crippen MR) is 98.2 cm³/mol. The first-order chi connectivity index (χ1) is 12.0. The van der Waals surface area contributed by atoms with Crippen LogP contribution in [0.15, 0.2) is 59.5 Å². The highest BCUT2D eigenvalue weighted by Crippen LogP contribution is 2.14. The van der Waals surface area contributed by atoms with Crippen molar-refractivity contribution < 1.29 is 9.63 Å². The van der Waals surface area contributed by atoms with Gasteiger partial charge in [0.25, 0.3) is 5.91 Å². The molecule has 0 saturated carbocycles. The standard InChI is InChI=1S/C19H17BN2O3/c1-21(25-2)19(24)16-12-22(11-13-6-5-7-14(20)10-13)17-9-4-3-8-15(17)18(16)23/h3-10,12H,11H2,1-2H3. The lowest BCUT2D eigenvalue weighted by molar-refractivity contribution is -0.0758. The molecule has 0 aliphatic heterocycles. The van der Waals surface area contributed by atoms with Gasteiger partial charge in [0.2, 0.25) is 5.43 Å². The smallest absolute Gasteiger partial charge is 0.282 e. The van der Waals surface area contributed by atoms with Crippen LogP contribution < -0.4 is 10.9 Å². The molecule has 25 heavy (non-hydrogen) atoms. The molecule has 0 bridgehead atoms. The monoisotopic (exact) mass is 332 g/mol. The number of hydroxylamine groups is 2. The summed E-state index contributed by atoms with van der Waals surface area (Å²) in [5, 5.41) is 1.53. The van der Waals surface area contributed by atoms with Gasteiger partial charge in [-0.05, 0) is 17.7 Å². The summed E-state index contributed by atoms with van der Waals surface area (Å²) in [6, 6.07) is 14.7. The number of carbonyl (C=O) groups is 1. The van der Waals surface area contributed by atoms with Gasteiger partial charge in [0.15, 0.2) is 0 Å². The second-order valence-corrected chi connectivity index (χ2v) is 5.75. The summed E-state index contributed by atoms with van der Waals surface area (Å²) in [6.45, 7) is 0.489. The molecule has 0 fully saturated rings. The Morgan fingerprint density at radius 2 is 1.96 bits per heavy atom. The van der Waals surface area contributed by atoms with E-state index in [0.717, 1.165) is 16.1 Å². The first-order valence-electron chi connectivity index (χ1n) is 7.80. The van der Waals surface area contributed by atoms with E-state index in [2.05, 4.69) is 0 Å². The Balaban J connectivity index is 2.18. The maximum Gasteiger partial charge on any atom is 0.282 e. The number of carbonyl (C=O) groups excluding carboxylic acids is 1. The van der Waals surface area contributed by atoms with Crippen molar-refractivity contribution in [2.45, 2.75) is 6.54 Å². The number of fused-ring (bicyclic) bond motifs is 1. The summed E-state index contributed by atoms with van der Waals surface area (Å²) in [5.41, 5.74) is 2.15. The van der Waals surface area contributed by atoms with E-state index in [9.17, 15) is 9.59 Å². The first kappa shape index (κ1) is 17.0. The van der Waals surface area contributed by atoms with E-state index >= 15 is 0 Å². The number of aromatic nitrogens is 1. The fourth-order valence-electron chi connectivity index (χ4n) is 2.77. The summed E-state index contributed by atoms with van der Waals surface area (Å²) >= 11 is 0. The predicted octanol–water partition coefficient (Wildman–Crippen LogP) is 1.48. The molecule has 124 valence electrons. The average Bonchev–Trinajstić information content (AvgIpc) is 2.63. The van der Waals surface area contributed by atoms with Crippen LogP contribution in [-0.2, 0) is 11.4 Å². The Morgan fingerprint density at radius 1 is 1.20 bits per heavy atom. The van der Waals surface area contributed by atoms with E-state index in [1.807, 2.05) is 41.0 Å². The molecular weight excluding hydrogens is 315 g/mol. The molecule has 3 aromatic rings. The fourth-order valence-corrected chi connectivity index (χ4v) is 2.77. The molecule has 2 aromatic carbocycles. The molecule has 2 radical (unpaired) electrons. The minimum absolute atomic E-state index is 0.0620. The molecule has 3 rings (SSSR count). The van der Waals surface area contributed by atoms with Crippen LogP contribution in [0.25, 0.3) is 10.9 Å². The number of pyridine rings is 1. The SMILES string of the molecule is [B]c1cccc(Cn2cc(C(=O)N(C)OC)c(=O)c3ccccc32)c1. The number of rotatable bonds is 4. The van der Waals surface area contributed by atoms with E-state index in [1.165, 1.54) is 14.2 Å². The molecule has 5 nitrogen and oxygen atoms in total. The van der Waals surface area contributed by atoms with Gasteiger partial charge in [0.05, 0.1) is 12.6 Å². The maximum atomic E-state index is 12.7. The van der Waals surface area contributed by atoms with E-state index < -0.39 is 5.91 Å². The van der Waals surface area contributed by atoms with Crippen molar-refractivity contribution in [3.63, 3.8) is 0 Å². The van der Waals surface area contributed by atoms with Gasteiger partial charge in [-0.25, -0.2) is 5.06 Å². The third kappa shape index (κ3) is 3.34. The molecule has 0 unspecified atom stereocenters. The Bertz CT molecular complexity index is 997. The van der Waals surface area contributed by atoms with Gasteiger partial charge in [-0.3, -0.25) is 14.4 Å². The highest BCUT2D eigenvalue weighted by molar-refractivity contribution is 6.32. The lowest BCUT2D eigenvalue weighted by Gasteiger charge is -2.17. The third-order valence-electron chi connectivity index (χ3n) is 4.08. The number of nitrogens with zero attached hydrogens (tertiary/aromatic N) is 2. The molecule has 1 amide bonds. The molecule has 0 saturated heterocycles. The molecule has 0 N–H and O–H groups in total. The average molecular weight is 332 g/mol. The normalized spacial score (nSPS) is 10.8. The van der Waals surface area contributed by atoms with Gasteiger partial charge in [0.1, 0.15) is 13.4 Å². The molecule has 1 heterocycles. The van der Waals surface area contributed by atoms with Gasteiger partial charge in [0, 0.05) is 25.2 Å². The number of hydrogen-bond donors (Lipinski definition) is 0. The Hall–Kier alpha value is -2.86. The molecular formula is C19H17BN2O3. The van der Waals surface area contributed by atoms with Crippen LogP contribution in [0.4, 0.5) is 0 Å². The van der Waals surface area contributed by atoms with E-state index in [0.29, 0.717) is 17.4 Å². The molecule has 0 aliphatic rings.